The number of hydrogen-bond donors (Lipinski definition) is 1. The van der Waals surface area contributed by atoms with Crippen LogP contribution in [0.1, 0.15) is 34.0 Å². The van der Waals surface area contributed by atoms with Gasteiger partial charge >= 0.3 is 0 Å². The number of H-pyrrole nitrogens is 1. The number of aryl methyl sites for hydroxylation is 1. The zero-order valence-electron chi connectivity index (χ0n) is 14.0. The van der Waals surface area contributed by atoms with Crippen molar-refractivity contribution in [2.24, 2.45) is 0 Å². The molecule has 0 atom stereocenters. The SMILES string of the molecule is CCc1cccc2c(C(=O)CN3CCc4ccccc4C3)c[nH]c12. The normalized spacial score (nSPS) is 14.7. The highest BCUT2D eigenvalue weighted by molar-refractivity contribution is 6.09. The molecule has 0 spiro atoms. The summed E-state index contributed by atoms with van der Waals surface area (Å²) in [4.78, 5) is 18.4. The average molecular weight is 318 g/mol. The quantitative estimate of drug-likeness (QED) is 0.739. The van der Waals surface area contributed by atoms with Crippen molar-refractivity contribution in [3.05, 3.63) is 70.9 Å². The lowest BCUT2D eigenvalue weighted by Crippen LogP contribution is -2.34. The first kappa shape index (κ1) is 15.2. The van der Waals surface area contributed by atoms with Crippen LogP contribution in [0.4, 0.5) is 0 Å². The van der Waals surface area contributed by atoms with E-state index in [-0.39, 0.29) is 5.78 Å². The second-order valence-electron chi connectivity index (χ2n) is 6.55. The Morgan fingerprint density at radius 3 is 2.79 bits per heavy atom. The smallest absolute Gasteiger partial charge is 0.178 e. The molecule has 2 aromatic carbocycles. The predicted molar refractivity (Wildman–Crippen MR) is 97.4 cm³/mol. The summed E-state index contributed by atoms with van der Waals surface area (Å²) < 4.78 is 0. The number of aromatic nitrogens is 1. The van der Waals surface area contributed by atoms with Gasteiger partial charge in [-0.15, -0.1) is 0 Å². The van der Waals surface area contributed by atoms with Crippen LogP contribution in [-0.4, -0.2) is 28.8 Å². The molecule has 0 bridgehead atoms. The van der Waals surface area contributed by atoms with Crippen LogP contribution in [0.5, 0.6) is 0 Å². The topological polar surface area (TPSA) is 36.1 Å². The van der Waals surface area contributed by atoms with Gasteiger partial charge in [-0.3, -0.25) is 9.69 Å². The molecule has 0 amide bonds. The fraction of sp³-hybridized carbons (Fsp3) is 0.286. The van der Waals surface area contributed by atoms with Crippen LogP contribution in [0.25, 0.3) is 10.9 Å². The maximum atomic E-state index is 12.8. The third kappa shape index (κ3) is 2.65. The largest absolute Gasteiger partial charge is 0.360 e. The molecule has 3 heteroatoms. The molecular formula is C21H22N2O. The van der Waals surface area contributed by atoms with E-state index in [1.165, 1.54) is 16.7 Å². The third-order valence-corrected chi connectivity index (χ3v) is 5.06. The van der Waals surface area contributed by atoms with Crippen LogP contribution in [-0.2, 0) is 19.4 Å². The zero-order valence-corrected chi connectivity index (χ0v) is 14.0. The molecule has 0 saturated carbocycles. The van der Waals surface area contributed by atoms with E-state index in [1.807, 2.05) is 18.3 Å². The highest BCUT2D eigenvalue weighted by Crippen LogP contribution is 2.24. The molecule has 1 aliphatic heterocycles. The number of carbonyl (C=O) groups is 1. The Labute approximate surface area is 142 Å². The molecule has 2 heterocycles. The van der Waals surface area contributed by atoms with E-state index >= 15 is 0 Å². The lowest BCUT2D eigenvalue weighted by atomic mass is 9.99. The van der Waals surface area contributed by atoms with E-state index in [0.717, 1.165) is 42.4 Å². The number of aromatic amines is 1. The molecule has 0 fully saturated rings. The van der Waals surface area contributed by atoms with Crippen LogP contribution in [0, 0.1) is 0 Å². The van der Waals surface area contributed by atoms with Gasteiger partial charge in [0.1, 0.15) is 0 Å². The van der Waals surface area contributed by atoms with Gasteiger partial charge in [0.2, 0.25) is 0 Å². The fourth-order valence-electron chi connectivity index (χ4n) is 3.72. The molecule has 0 saturated heterocycles. The van der Waals surface area contributed by atoms with E-state index in [0.29, 0.717) is 6.54 Å². The van der Waals surface area contributed by atoms with Gasteiger partial charge in [0, 0.05) is 35.8 Å². The van der Waals surface area contributed by atoms with E-state index in [1.54, 1.807) is 0 Å². The van der Waals surface area contributed by atoms with Gasteiger partial charge < -0.3 is 4.98 Å². The van der Waals surface area contributed by atoms with Crippen molar-refractivity contribution in [2.75, 3.05) is 13.1 Å². The molecule has 1 N–H and O–H groups in total. The Hall–Kier alpha value is -2.39. The molecule has 0 unspecified atom stereocenters. The maximum Gasteiger partial charge on any atom is 0.178 e. The van der Waals surface area contributed by atoms with Gasteiger partial charge in [0.05, 0.1) is 6.54 Å². The summed E-state index contributed by atoms with van der Waals surface area (Å²) in [6.07, 6.45) is 3.87. The number of nitrogens with one attached hydrogen (secondary N) is 1. The van der Waals surface area contributed by atoms with Crippen molar-refractivity contribution < 1.29 is 4.79 Å². The Balaban J connectivity index is 1.55. The highest BCUT2D eigenvalue weighted by Gasteiger charge is 2.20. The fourth-order valence-corrected chi connectivity index (χ4v) is 3.72. The molecule has 1 aliphatic rings. The second-order valence-corrected chi connectivity index (χ2v) is 6.55. The summed E-state index contributed by atoms with van der Waals surface area (Å²) in [6.45, 7) is 4.44. The first-order valence-electron chi connectivity index (χ1n) is 8.67. The number of nitrogens with zero attached hydrogens (tertiary/aromatic N) is 1. The first-order valence-corrected chi connectivity index (χ1v) is 8.67. The number of rotatable bonds is 4. The minimum atomic E-state index is 0.203. The van der Waals surface area contributed by atoms with Gasteiger partial charge in [-0.25, -0.2) is 0 Å². The van der Waals surface area contributed by atoms with Crippen molar-refractivity contribution in [1.29, 1.82) is 0 Å². The monoisotopic (exact) mass is 318 g/mol. The Morgan fingerprint density at radius 2 is 1.96 bits per heavy atom. The molecule has 122 valence electrons. The molecule has 3 nitrogen and oxygen atoms in total. The van der Waals surface area contributed by atoms with E-state index in [2.05, 4.69) is 47.1 Å². The molecule has 0 aliphatic carbocycles. The van der Waals surface area contributed by atoms with Gasteiger partial charge in [0.15, 0.2) is 5.78 Å². The lowest BCUT2D eigenvalue weighted by molar-refractivity contribution is 0.0923. The van der Waals surface area contributed by atoms with Crippen LogP contribution < -0.4 is 0 Å². The first-order chi connectivity index (χ1) is 11.8. The van der Waals surface area contributed by atoms with Crippen molar-refractivity contribution in [3.63, 3.8) is 0 Å². The van der Waals surface area contributed by atoms with Gasteiger partial charge in [-0.1, -0.05) is 49.4 Å². The second kappa shape index (κ2) is 6.25. The number of fused-ring (bicyclic) bond motifs is 2. The maximum absolute atomic E-state index is 12.8. The Kier molecular flexibility index (Phi) is 3.95. The predicted octanol–water partition coefficient (Wildman–Crippen LogP) is 3.97. The lowest BCUT2D eigenvalue weighted by Gasteiger charge is -2.27. The number of Topliss-reactive ketones (excluding diaryl/α,β-unsaturated/α-hetero) is 1. The number of hydrogen-bond acceptors (Lipinski definition) is 2. The molecule has 0 radical (unpaired) electrons. The number of ketones is 1. The standard InChI is InChI=1S/C21H22N2O/c1-2-15-8-5-9-18-19(12-22-21(15)18)20(24)14-23-11-10-16-6-3-4-7-17(16)13-23/h3-9,12,22H,2,10-11,13-14H2,1H3. The van der Waals surface area contributed by atoms with Crippen LogP contribution >= 0.6 is 0 Å². The zero-order chi connectivity index (χ0) is 16.5. The highest BCUT2D eigenvalue weighted by atomic mass is 16.1. The number of benzene rings is 2. The number of para-hydroxylation sites is 1. The summed E-state index contributed by atoms with van der Waals surface area (Å²) in [5.41, 5.74) is 5.95. The molecule has 24 heavy (non-hydrogen) atoms. The summed E-state index contributed by atoms with van der Waals surface area (Å²) in [5, 5.41) is 1.05. The molecule has 4 rings (SSSR count). The van der Waals surface area contributed by atoms with E-state index < -0.39 is 0 Å². The van der Waals surface area contributed by atoms with Gasteiger partial charge in [0.25, 0.3) is 0 Å². The third-order valence-electron chi connectivity index (χ3n) is 5.06. The Bertz CT molecular complexity index is 894. The van der Waals surface area contributed by atoms with Crippen LogP contribution in [0.15, 0.2) is 48.7 Å². The summed E-state index contributed by atoms with van der Waals surface area (Å²) in [6, 6.07) is 14.7. The van der Waals surface area contributed by atoms with Crippen molar-refractivity contribution in [2.45, 2.75) is 26.3 Å². The van der Waals surface area contributed by atoms with Gasteiger partial charge in [-0.2, -0.15) is 0 Å². The molecular weight excluding hydrogens is 296 g/mol. The summed E-state index contributed by atoms with van der Waals surface area (Å²) in [7, 11) is 0. The number of carbonyl (C=O) groups excluding carboxylic acids is 1. The van der Waals surface area contributed by atoms with Crippen LogP contribution in [0.3, 0.4) is 0 Å². The molecule has 3 aromatic rings. The summed E-state index contributed by atoms with van der Waals surface area (Å²) >= 11 is 0. The average Bonchev–Trinajstić information content (AvgIpc) is 3.06. The minimum absolute atomic E-state index is 0.203. The van der Waals surface area contributed by atoms with Crippen molar-refractivity contribution in [1.82, 2.24) is 9.88 Å². The minimum Gasteiger partial charge on any atom is -0.360 e. The van der Waals surface area contributed by atoms with E-state index in [4.69, 9.17) is 0 Å². The Morgan fingerprint density at radius 1 is 1.12 bits per heavy atom. The van der Waals surface area contributed by atoms with Crippen molar-refractivity contribution >= 4 is 16.7 Å². The summed E-state index contributed by atoms with van der Waals surface area (Å²) in [5.74, 6) is 0.203. The van der Waals surface area contributed by atoms with Gasteiger partial charge in [-0.05, 0) is 29.5 Å². The van der Waals surface area contributed by atoms with Crippen molar-refractivity contribution in [3.8, 4) is 0 Å². The van der Waals surface area contributed by atoms with Crippen LogP contribution in [0.2, 0.25) is 0 Å². The van der Waals surface area contributed by atoms with E-state index in [9.17, 15) is 4.79 Å². The molecule has 1 aromatic heterocycles.